The van der Waals surface area contributed by atoms with E-state index in [0.717, 1.165) is 19.6 Å². The summed E-state index contributed by atoms with van der Waals surface area (Å²) < 4.78 is 5.09. The molecule has 1 rings (SSSR count). The molecule has 1 heterocycles. The minimum Gasteiger partial charge on any atom is -0.380 e. The van der Waals surface area contributed by atoms with Gasteiger partial charge in [0.2, 0.25) is 5.91 Å². The van der Waals surface area contributed by atoms with Crippen molar-refractivity contribution < 1.29 is 9.53 Å². The van der Waals surface area contributed by atoms with Gasteiger partial charge in [-0.1, -0.05) is 6.92 Å². The molecule has 0 aromatic carbocycles. The number of nitrogens with one attached hydrogen (secondary N) is 1. The minimum atomic E-state index is -0.166. The molecule has 3 N–H and O–H groups in total. The highest BCUT2D eigenvalue weighted by molar-refractivity contribution is 5.85. The largest absolute Gasteiger partial charge is 0.380 e. The van der Waals surface area contributed by atoms with Gasteiger partial charge in [-0.15, -0.1) is 24.8 Å². The van der Waals surface area contributed by atoms with Gasteiger partial charge in [-0.25, -0.2) is 0 Å². The van der Waals surface area contributed by atoms with Gasteiger partial charge in [0.05, 0.1) is 12.5 Å². The van der Waals surface area contributed by atoms with Gasteiger partial charge in [-0.2, -0.15) is 0 Å². The monoisotopic (exact) mass is 315 g/mol. The molecule has 1 aliphatic rings. The molecular formula is C12H27Cl2N3O2. The zero-order valence-electron chi connectivity index (χ0n) is 11.8. The summed E-state index contributed by atoms with van der Waals surface area (Å²) in [6.07, 6.45) is 2.60. The molecule has 0 spiro atoms. The molecule has 116 valence electrons. The molecular weight excluding hydrogens is 289 g/mol. The van der Waals surface area contributed by atoms with Gasteiger partial charge in [-0.05, 0) is 25.9 Å². The second-order valence-electron chi connectivity index (χ2n) is 4.53. The van der Waals surface area contributed by atoms with Gasteiger partial charge >= 0.3 is 0 Å². The average Bonchev–Trinajstić information content (AvgIpc) is 2.80. The van der Waals surface area contributed by atoms with Gasteiger partial charge in [0.25, 0.3) is 0 Å². The van der Waals surface area contributed by atoms with E-state index in [0.29, 0.717) is 19.0 Å². The van der Waals surface area contributed by atoms with Crippen LogP contribution in [0.1, 0.15) is 26.2 Å². The van der Waals surface area contributed by atoms with Gasteiger partial charge < -0.3 is 15.8 Å². The highest BCUT2D eigenvalue weighted by Gasteiger charge is 2.23. The molecule has 19 heavy (non-hydrogen) atoms. The topological polar surface area (TPSA) is 67.6 Å². The summed E-state index contributed by atoms with van der Waals surface area (Å²) in [5.74, 6) is 0.0326. The van der Waals surface area contributed by atoms with Crippen molar-refractivity contribution >= 4 is 30.7 Å². The minimum absolute atomic E-state index is 0. The number of rotatable bonds is 7. The Labute approximate surface area is 128 Å². The van der Waals surface area contributed by atoms with Crippen LogP contribution in [0.15, 0.2) is 0 Å². The van der Waals surface area contributed by atoms with Gasteiger partial charge in [-0.3, -0.25) is 9.69 Å². The molecule has 1 aliphatic heterocycles. The van der Waals surface area contributed by atoms with Crippen molar-refractivity contribution in [2.24, 2.45) is 5.73 Å². The van der Waals surface area contributed by atoms with Crippen LogP contribution in [0.4, 0.5) is 0 Å². The zero-order chi connectivity index (χ0) is 12.7. The lowest BCUT2D eigenvalue weighted by molar-refractivity contribution is -0.123. The Hall–Kier alpha value is -0.0700. The number of nitrogens with two attached hydrogens (primary N) is 1. The second kappa shape index (κ2) is 11.7. The van der Waals surface area contributed by atoms with Crippen LogP contribution in [0, 0.1) is 0 Å². The van der Waals surface area contributed by atoms with E-state index in [9.17, 15) is 4.79 Å². The number of amides is 1. The first-order chi connectivity index (χ1) is 8.21. The summed E-state index contributed by atoms with van der Waals surface area (Å²) in [7, 11) is 1.58. The Balaban J connectivity index is 0. The summed E-state index contributed by atoms with van der Waals surface area (Å²) in [6.45, 7) is 5.50. The van der Waals surface area contributed by atoms with Crippen LogP contribution >= 0.6 is 24.8 Å². The summed E-state index contributed by atoms with van der Waals surface area (Å²) in [5, 5.41) is 2.97. The molecule has 7 heteroatoms. The number of ether oxygens (including phenoxy) is 1. The highest BCUT2D eigenvalue weighted by atomic mass is 35.5. The smallest absolute Gasteiger partial charge is 0.222 e. The van der Waals surface area contributed by atoms with Gasteiger partial charge in [0.1, 0.15) is 0 Å². The third kappa shape index (κ3) is 7.32. The molecule has 1 saturated heterocycles. The second-order valence-corrected chi connectivity index (χ2v) is 4.53. The Kier molecular flexibility index (Phi) is 13.1. The fraction of sp³-hybridized carbons (Fsp3) is 0.917. The highest BCUT2D eigenvalue weighted by Crippen LogP contribution is 2.15. The van der Waals surface area contributed by atoms with Crippen molar-refractivity contribution in [2.45, 2.75) is 38.3 Å². The number of hydrogen-bond donors (Lipinski definition) is 2. The van der Waals surface area contributed by atoms with Crippen LogP contribution in [-0.4, -0.2) is 56.2 Å². The van der Waals surface area contributed by atoms with E-state index in [4.69, 9.17) is 10.5 Å². The van der Waals surface area contributed by atoms with Crippen LogP contribution in [-0.2, 0) is 9.53 Å². The maximum absolute atomic E-state index is 11.7. The van der Waals surface area contributed by atoms with Crippen molar-refractivity contribution in [1.29, 1.82) is 0 Å². The van der Waals surface area contributed by atoms with E-state index in [1.807, 2.05) is 0 Å². The van der Waals surface area contributed by atoms with E-state index in [-0.39, 0.29) is 36.8 Å². The Bertz CT molecular complexity index is 241. The summed E-state index contributed by atoms with van der Waals surface area (Å²) >= 11 is 0. The van der Waals surface area contributed by atoms with Crippen LogP contribution in [0.5, 0.6) is 0 Å². The number of carbonyl (C=O) groups is 1. The lowest BCUT2D eigenvalue weighted by Gasteiger charge is -2.23. The van der Waals surface area contributed by atoms with Crippen molar-refractivity contribution in [3.8, 4) is 0 Å². The van der Waals surface area contributed by atoms with Crippen LogP contribution in [0.25, 0.3) is 0 Å². The molecule has 5 nitrogen and oxygen atoms in total. The first-order valence-electron chi connectivity index (χ1n) is 6.44. The predicted molar refractivity (Wildman–Crippen MR) is 82.2 cm³/mol. The third-order valence-corrected chi connectivity index (χ3v) is 3.45. The first-order valence-corrected chi connectivity index (χ1v) is 6.44. The fourth-order valence-electron chi connectivity index (χ4n) is 2.32. The lowest BCUT2D eigenvalue weighted by Crippen LogP contribution is -2.41. The predicted octanol–water partition coefficient (Wildman–Crippen LogP) is 0.794. The van der Waals surface area contributed by atoms with E-state index >= 15 is 0 Å². The summed E-state index contributed by atoms with van der Waals surface area (Å²) in [6, 6.07) is 0.503. The van der Waals surface area contributed by atoms with E-state index < -0.39 is 0 Å². The number of nitrogens with zero attached hydrogens (tertiary/aromatic N) is 1. The Morgan fingerprint density at radius 2 is 2.21 bits per heavy atom. The number of halogens is 2. The molecule has 0 radical (unpaired) electrons. The normalized spacial score (nSPS) is 20.3. The zero-order valence-corrected chi connectivity index (χ0v) is 13.4. The number of likely N-dealkylation sites (tertiary alicyclic amines) is 1. The molecule has 0 bridgehead atoms. The Morgan fingerprint density at radius 1 is 1.53 bits per heavy atom. The van der Waals surface area contributed by atoms with Crippen LogP contribution < -0.4 is 11.1 Å². The van der Waals surface area contributed by atoms with E-state index in [2.05, 4.69) is 17.1 Å². The summed E-state index contributed by atoms with van der Waals surface area (Å²) in [4.78, 5) is 14.1. The van der Waals surface area contributed by atoms with Crippen molar-refractivity contribution in [2.75, 3.05) is 33.3 Å². The molecule has 1 fully saturated rings. The maximum atomic E-state index is 11.7. The SMILES string of the molecule is CCN1CCCC1CNC(=O)CC(CN)OC.Cl.Cl. The number of carbonyl (C=O) groups excluding carboxylic acids is 1. The molecule has 1 amide bonds. The molecule has 0 aliphatic carbocycles. The average molecular weight is 316 g/mol. The fourth-order valence-corrected chi connectivity index (χ4v) is 2.32. The van der Waals surface area contributed by atoms with E-state index in [1.165, 1.54) is 12.8 Å². The third-order valence-electron chi connectivity index (χ3n) is 3.45. The standard InChI is InChI=1S/C12H25N3O2.2ClH/c1-3-15-6-4-5-10(15)9-14-12(16)7-11(8-13)17-2;;/h10-11H,3-9,13H2,1-2H3,(H,14,16);2*1H. The van der Waals surface area contributed by atoms with Gasteiger partial charge in [0, 0.05) is 26.2 Å². The van der Waals surface area contributed by atoms with Crippen molar-refractivity contribution in [1.82, 2.24) is 10.2 Å². The van der Waals surface area contributed by atoms with Crippen LogP contribution in [0.2, 0.25) is 0 Å². The molecule has 2 atom stereocenters. The molecule has 0 aromatic heterocycles. The van der Waals surface area contributed by atoms with Crippen molar-refractivity contribution in [3.05, 3.63) is 0 Å². The number of likely N-dealkylation sites (N-methyl/N-ethyl adjacent to an activating group) is 1. The number of hydrogen-bond acceptors (Lipinski definition) is 4. The lowest BCUT2D eigenvalue weighted by atomic mass is 10.2. The Morgan fingerprint density at radius 3 is 2.74 bits per heavy atom. The quantitative estimate of drug-likeness (QED) is 0.729. The van der Waals surface area contributed by atoms with Crippen LogP contribution in [0.3, 0.4) is 0 Å². The van der Waals surface area contributed by atoms with E-state index in [1.54, 1.807) is 7.11 Å². The summed E-state index contributed by atoms with van der Waals surface area (Å²) in [5.41, 5.74) is 5.48. The molecule has 2 unspecified atom stereocenters. The van der Waals surface area contributed by atoms with Gasteiger partial charge in [0.15, 0.2) is 0 Å². The number of methoxy groups -OCH3 is 1. The van der Waals surface area contributed by atoms with Crippen molar-refractivity contribution in [3.63, 3.8) is 0 Å². The first kappa shape index (κ1) is 21.2. The maximum Gasteiger partial charge on any atom is 0.222 e. The molecule has 0 saturated carbocycles. The molecule has 0 aromatic rings.